The lowest BCUT2D eigenvalue weighted by atomic mass is 10.0. The topological polar surface area (TPSA) is 67.2 Å². The fourth-order valence-electron chi connectivity index (χ4n) is 2.49. The first kappa shape index (κ1) is 12.9. The zero-order valence-electron chi connectivity index (χ0n) is 10.8. The lowest BCUT2D eigenvalue weighted by molar-refractivity contribution is 0.239. The highest BCUT2D eigenvalue weighted by molar-refractivity contribution is 5.89. The molecule has 0 aliphatic heterocycles. The molecule has 98 valence electrons. The summed E-state index contributed by atoms with van der Waals surface area (Å²) in [6.45, 7) is 2.59. The third-order valence-electron chi connectivity index (χ3n) is 3.54. The van der Waals surface area contributed by atoms with Gasteiger partial charge in [-0.05, 0) is 37.5 Å². The van der Waals surface area contributed by atoms with Crippen molar-refractivity contribution in [2.45, 2.75) is 44.7 Å². The Balaban J connectivity index is 1.94. The van der Waals surface area contributed by atoms with Gasteiger partial charge in [-0.15, -0.1) is 0 Å². The second kappa shape index (κ2) is 5.40. The summed E-state index contributed by atoms with van der Waals surface area (Å²) in [6.07, 6.45) is 4.51. The van der Waals surface area contributed by atoms with Gasteiger partial charge in [-0.1, -0.05) is 25.0 Å². The fourth-order valence-corrected chi connectivity index (χ4v) is 2.49. The van der Waals surface area contributed by atoms with Gasteiger partial charge in [0.05, 0.1) is 0 Å². The molecule has 1 fully saturated rings. The highest BCUT2D eigenvalue weighted by atomic mass is 16.2. The molecule has 1 aliphatic carbocycles. The number of rotatable bonds is 3. The minimum atomic E-state index is -0.131. The molecule has 0 saturated heterocycles. The zero-order chi connectivity index (χ0) is 13.0. The van der Waals surface area contributed by atoms with E-state index in [9.17, 15) is 4.79 Å². The van der Waals surface area contributed by atoms with E-state index < -0.39 is 0 Å². The van der Waals surface area contributed by atoms with Crippen LogP contribution in [0.4, 0.5) is 10.5 Å². The number of nitrogens with two attached hydrogens (primary N) is 1. The number of hydrogen-bond donors (Lipinski definition) is 3. The van der Waals surface area contributed by atoms with Crippen LogP contribution >= 0.6 is 0 Å². The van der Waals surface area contributed by atoms with Gasteiger partial charge >= 0.3 is 6.03 Å². The van der Waals surface area contributed by atoms with Gasteiger partial charge in [0.25, 0.3) is 0 Å². The van der Waals surface area contributed by atoms with Crippen molar-refractivity contribution in [1.29, 1.82) is 0 Å². The summed E-state index contributed by atoms with van der Waals surface area (Å²) in [5, 5.41) is 5.92. The van der Waals surface area contributed by atoms with E-state index in [0.29, 0.717) is 6.54 Å². The van der Waals surface area contributed by atoms with Crippen LogP contribution in [0.3, 0.4) is 0 Å². The van der Waals surface area contributed by atoms with Crippen molar-refractivity contribution in [3.63, 3.8) is 0 Å². The number of benzene rings is 1. The van der Waals surface area contributed by atoms with Gasteiger partial charge in [-0.2, -0.15) is 0 Å². The van der Waals surface area contributed by atoms with E-state index in [-0.39, 0.29) is 11.6 Å². The Morgan fingerprint density at radius 3 is 2.78 bits per heavy atom. The summed E-state index contributed by atoms with van der Waals surface area (Å²) in [4.78, 5) is 11.9. The molecule has 0 bridgehead atoms. The molecule has 4 N–H and O–H groups in total. The molecule has 0 aromatic heterocycles. The number of carbonyl (C=O) groups excluding carboxylic acids is 1. The second-order valence-corrected chi connectivity index (χ2v) is 5.25. The maximum atomic E-state index is 11.9. The van der Waals surface area contributed by atoms with Gasteiger partial charge in [0.15, 0.2) is 0 Å². The highest BCUT2D eigenvalue weighted by Gasteiger charge is 2.29. The van der Waals surface area contributed by atoms with Crippen molar-refractivity contribution in [3.05, 3.63) is 29.8 Å². The Kier molecular flexibility index (Phi) is 3.87. The minimum absolute atomic E-state index is 0.0461. The highest BCUT2D eigenvalue weighted by Crippen LogP contribution is 2.28. The summed E-state index contributed by atoms with van der Waals surface area (Å²) in [7, 11) is 0. The SMILES string of the molecule is CC1(NC(=O)Nc2cccc(CN)c2)CCCC1. The van der Waals surface area contributed by atoms with Gasteiger partial charge in [0.2, 0.25) is 0 Å². The predicted molar refractivity (Wildman–Crippen MR) is 73.4 cm³/mol. The van der Waals surface area contributed by atoms with Crippen molar-refractivity contribution in [2.75, 3.05) is 5.32 Å². The Bertz CT molecular complexity index is 425. The number of nitrogens with one attached hydrogen (secondary N) is 2. The molecule has 0 unspecified atom stereocenters. The number of hydrogen-bond acceptors (Lipinski definition) is 2. The molecule has 1 aromatic carbocycles. The first-order valence-corrected chi connectivity index (χ1v) is 6.49. The number of anilines is 1. The van der Waals surface area contributed by atoms with E-state index >= 15 is 0 Å². The maximum Gasteiger partial charge on any atom is 0.319 e. The number of carbonyl (C=O) groups is 1. The molecule has 0 atom stereocenters. The van der Waals surface area contributed by atoms with Crippen LogP contribution in [0.2, 0.25) is 0 Å². The minimum Gasteiger partial charge on any atom is -0.333 e. The molecule has 2 rings (SSSR count). The maximum absolute atomic E-state index is 11.9. The molecule has 18 heavy (non-hydrogen) atoms. The summed E-state index contributed by atoms with van der Waals surface area (Å²) >= 11 is 0. The smallest absolute Gasteiger partial charge is 0.319 e. The summed E-state index contributed by atoms with van der Waals surface area (Å²) in [6, 6.07) is 7.48. The third-order valence-corrected chi connectivity index (χ3v) is 3.54. The molecule has 0 spiro atoms. The average Bonchev–Trinajstić information content (AvgIpc) is 2.75. The van der Waals surface area contributed by atoms with Crippen LogP contribution < -0.4 is 16.4 Å². The van der Waals surface area contributed by atoms with Gasteiger partial charge < -0.3 is 16.4 Å². The van der Waals surface area contributed by atoms with E-state index in [1.807, 2.05) is 24.3 Å². The van der Waals surface area contributed by atoms with Gasteiger partial charge in [-0.25, -0.2) is 4.79 Å². The van der Waals surface area contributed by atoms with E-state index in [0.717, 1.165) is 24.1 Å². The Labute approximate surface area is 108 Å². The molecule has 0 heterocycles. The molecule has 4 heteroatoms. The first-order valence-electron chi connectivity index (χ1n) is 6.49. The second-order valence-electron chi connectivity index (χ2n) is 5.25. The van der Waals surface area contributed by atoms with Crippen LogP contribution in [-0.4, -0.2) is 11.6 Å². The third kappa shape index (κ3) is 3.23. The largest absolute Gasteiger partial charge is 0.333 e. The van der Waals surface area contributed by atoms with Crippen LogP contribution in [0, 0.1) is 0 Å². The molecule has 0 radical (unpaired) electrons. The predicted octanol–water partition coefficient (Wildman–Crippen LogP) is 2.60. The Morgan fingerprint density at radius 2 is 2.11 bits per heavy atom. The van der Waals surface area contributed by atoms with Crippen molar-refractivity contribution >= 4 is 11.7 Å². The molecule has 1 aromatic rings. The standard InChI is InChI=1S/C14H21N3O/c1-14(7-2-3-8-14)17-13(18)16-12-6-4-5-11(9-12)10-15/h4-6,9H,2-3,7-8,10,15H2,1H3,(H2,16,17,18). The monoisotopic (exact) mass is 247 g/mol. The zero-order valence-corrected chi connectivity index (χ0v) is 10.8. The lowest BCUT2D eigenvalue weighted by Crippen LogP contribution is -2.45. The van der Waals surface area contributed by atoms with Gasteiger partial charge in [0, 0.05) is 17.8 Å². The summed E-state index contributed by atoms with van der Waals surface area (Å²) < 4.78 is 0. The molecule has 4 nitrogen and oxygen atoms in total. The van der Waals surface area contributed by atoms with E-state index in [1.54, 1.807) is 0 Å². The van der Waals surface area contributed by atoms with Crippen LogP contribution in [-0.2, 0) is 6.54 Å². The lowest BCUT2D eigenvalue weighted by Gasteiger charge is -2.25. The van der Waals surface area contributed by atoms with E-state index in [4.69, 9.17) is 5.73 Å². The molecular weight excluding hydrogens is 226 g/mol. The van der Waals surface area contributed by atoms with E-state index in [2.05, 4.69) is 17.6 Å². The van der Waals surface area contributed by atoms with Crippen LogP contribution in [0.5, 0.6) is 0 Å². The quantitative estimate of drug-likeness (QED) is 0.768. The molecule has 1 aliphatic rings. The van der Waals surface area contributed by atoms with Crippen LogP contribution in [0.1, 0.15) is 38.2 Å². The summed E-state index contributed by atoms with van der Waals surface area (Å²) in [5.74, 6) is 0. The van der Waals surface area contributed by atoms with Crippen molar-refractivity contribution < 1.29 is 4.79 Å². The van der Waals surface area contributed by atoms with Crippen molar-refractivity contribution in [1.82, 2.24) is 5.32 Å². The average molecular weight is 247 g/mol. The van der Waals surface area contributed by atoms with Crippen LogP contribution in [0.15, 0.2) is 24.3 Å². The number of amides is 2. The van der Waals surface area contributed by atoms with E-state index in [1.165, 1.54) is 12.8 Å². The number of urea groups is 1. The fraction of sp³-hybridized carbons (Fsp3) is 0.500. The van der Waals surface area contributed by atoms with Crippen molar-refractivity contribution in [3.8, 4) is 0 Å². The molecule has 1 saturated carbocycles. The normalized spacial score (nSPS) is 17.4. The Morgan fingerprint density at radius 1 is 1.39 bits per heavy atom. The first-order chi connectivity index (χ1) is 8.61. The Hall–Kier alpha value is -1.55. The van der Waals surface area contributed by atoms with Crippen molar-refractivity contribution in [2.24, 2.45) is 5.73 Å². The van der Waals surface area contributed by atoms with Crippen LogP contribution in [0.25, 0.3) is 0 Å². The molecule has 2 amide bonds. The van der Waals surface area contributed by atoms with Gasteiger partial charge in [-0.3, -0.25) is 0 Å². The molecular formula is C14H21N3O. The summed E-state index contributed by atoms with van der Waals surface area (Å²) in [5.41, 5.74) is 7.33. The van der Waals surface area contributed by atoms with Gasteiger partial charge in [0.1, 0.15) is 0 Å².